The van der Waals surface area contributed by atoms with E-state index in [1.54, 1.807) is 0 Å². The van der Waals surface area contributed by atoms with Crippen LogP contribution in [0.2, 0.25) is 5.15 Å². The molecule has 1 heterocycles. The summed E-state index contributed by atoms with van der Waals surface area (Å²) in [4.78, 5) is 4.44. The molecule has 0 aliphatic heterocycles. The quantitative estimate of drug-likeness (QED) is 0.564. The van der Waals surface area contributed by atoms with Crippen molar-refractivity contribution in [2.45, 2.75) is 45.9 Å². The highest BCUT2D eigenvalue weighted by molar-refractivity contribution is 6.30. The topological polar surface area (TPSA) is 47.3 Å². The zero-order valence-corrected chi connectivity index (χ0v) is 16.3. The molecule has 4 nitrogen and oxygen atoms in total. The maximum atomic E-state index is 9.67. The van der Waals surface area contributed by atoms with Crippen LogP contribution >= 0.6 is 11.6 Å². The minimum absolute atomic E-state index is 0.115. The molecule has 0 amide bonds. The number of aliphatic hydroxyl groups is 1. The molecule has 3 aromatic rings. The summed E-state index contributed by atoms with van der Waals surface area (Å²) >= 11 is 6.21. The van der Waals surface area contributed by atoms with Crippen LogP contribution in [0.25, 0.3) is 0 Å². The van der Waals surface area contributed by atoms with Crippen molar-refractivity contribution in [1.29, 1.82) is 0 Å². The van der Waals surface area contributed by atoms with E-state index >= 15 is 0 Å². The van der Waals surface area contributed by atoms with E-state index in [1.165, 1.54) is 0 Å². The molecule has 0 aliphatic carbocycles. The summed E-state index contributed by atoms with van der Waals surface area (Å²) in [6.07, 6.45) is 2.99. The van der Waals surface area contributed by atoms with Gasteiger partial charge in [0.25, 0.3) is 0 Å². The molecule has 27 heavy (non-hydrogen) atoms. The molecule has 5 heteroatoms. The van der Waals surface area contributed by atoms with Crippen molar-refractivity contribution in [3.63, 3.8) is 0 Å². The number of aliphatic hydroxyl groups excluding tert-OH is 1. The van der Waals surface area contributed by atoms with Crippen molar-refractivity contribution in [3.8, 4) is 5.75 Å². The Morgan fingerprint density at radius 3 is 2.44 bits per heavy atom. The second kappa shape index (κ2) is 9.58. The van der Waals surface area contributed by atoms with E-state index in [2.05, 4.69) is 11.9 Å². The van der Waals surface area contributed by atoms with E-state index in [-0.39, 0.29) is 6.61 Å². The van der Waals surface area contributed by atoms with Gasteiger partial charge in [-0.2, -0.15) is 0 Å². The first kappa shape index (κ1) is 19.5. The summed E-state index contributed by atoms with van der Waals surface area (Å²) in [6.45, 7) is 3.22. The number of hydrogen-bond donors (Lipinski definition) is 1. The highest BCUT2D eigenvalue weighted by Gasteiger charge is 2.15. The minimum atomic E-state index is -0.115. The third-order valence-electron chi connectivity index (χ3n) is 4.52. The van der Waals surface area contributed by atoms with Gasteiger partial charge in [0.15, 0.2) is 5.15 Å². The van der Waals surface area contributed by atoms with Crippen molar-refractivity contribution in [1.82, 2.24) is 9.55 Å². The van der Waals surface area contributed by atoms with Crippen LogP contribution in [0.4, 0.5) is 0 Å². The fraction of sp³-hybridized carbons (Fsp3) is 0.318. The Bertz CT molecular complexity index is 845. The zero-order chi connectivity index (χ0) is 19.1. The largest absolute Gasteiger partial charge is 0.489 e. The molecule has 0 bridgehead atoms. The lowest BCUT2D eigenvalue weighted by molar-refractivity contribution is 0.271. The van der Waals surface area contributed by atoms with E-state index in [4.69, 9.17) is 16.3 Å². The molecule has 0 atom stereocenters. The molecule has 2 aromatic carbocycles. The van der Waals surface area contributed by atoms with Crippen LogP contribution in [0.1, 0.15) is 42.4 Å². The molecule has 1 aromatic heterocycles. The lowest BCUT2D eigenvalue weighted by atomic mass is 10.2. The molecule has 0 aliphatic rings. The van der Waals surface area contributed by atoms with Crippen LogP contribution in [0.3, 0.4) is 0 Å². The van der Waals surface area contributed by atoms with Gasteiger partial charge in [-0.25, -0.2) is 4.98 Å². The Morgan fingerprint density at radius 2 is 1.78 bits per heavy atom. The summed E-state index contributed by atoms with van der Waals surface area (Å²) in [5, 5.41) is 10.1. The molecule has 0 spiro atoms. The Kier molecular flexibility index (Phi) is 6.91. The van der Waals surface area contributed by atoms with Gasteiger partial charge in [-0.3, -0.25) is 0 Å². The molecule has 0 saturated carbocycles. The molecule has 142 valence electrons. The third-order valence-corrected chi connectivity index (χ3v) is 4.82. The molecule has 3 rings (SSSR count). The molecule has 0 saturated heterocycles. The van der Waals surface area contributed by atoms with Crippen LogP contribution in [-0.4, -0.2) is 14.7 Å². The normalized spacial score (nSPS) is 10.9. The van der Waals surface area contributed by atoms with Gasteiger partial charge >= 0.3 is 0 Å². The van der Waals surface area contributed by atoms with Crippen molar-refractivity contribution >= 4 is 11.6 Å². The van der Waals surface area contributed by atoms with Gasteiger partial charge in [0.2, 0.25) is 0 Å². The molecule has 0 radical (unpaired) electrons. The number of hydrogen-bond acceptors (Lipinski definition) is 3. The van der Waals surface area contributed by atoms with Gasteiger partial charge in [-0.15, -0.1) is 0 Å². The predicted octanol–water partition coefficient (Wildman–Crippen LogP) is 5.00. The number of benzene rings is 2. The van der Waals surface area contributed by atoms with Gasteiger partial charge in [-0.1, -0.05) is 67.4 Å². The first-order valence-electron chi connectivity index (χ1n) is 9.31. The van der Waals surface area contributed by atoms with E-state index in [9.17, 15) is 5.11 Å². The van der Waals surface area contributed by atoms with Gasteiger partial charge in [0, 0.05) is 13.0 Å². The molecule has 0 fully saturated rings. The summed E-state index contributed by atoms with van der Waals surface area (Å²) in [5.41, 5.74) is 2.93. The molecular weight excluding hydrogens is 360 g/mol. The lowest BCUT2D eigenvalue weighted by Crippen LogP contribution is -2.09. The number of rotatable bonds is 9. The van der Waals surface area contributed by atoms with Crippen molar-refractivity contribution < 1.29 is 9.84 Å². The van der Waals surface area contributed by atoms with E-state index in [0.29, 0.717) is 24.0 Å². The van der Waals surface area contributed by atoms with Crippen LogP contribution in [0, 0.1) is 0 Å². The second-order valence-corrected chi connectivity index (χ2v) is 6.89. The summed E-state index contributed by atoms with van der Waals surface area (Å²) in [6, 6.07) is 18.1. The third kappa shape index (κ3) is 5.12. The Morgan fingerprint density at radius 1 is 1.04 bits per heavy atom. The van der Waals surface area contributed by atoms with Gasteiger partial charge in [0.05, 0.1) is 12.3 Å². The summed E-state index contributed by atoms with van der Waals surface area (Å²) < 4.78 is 7.87. The average molecular weight is 385 g/mol. The van der Waals surface area contributed by atoms with Crippen LogP contribution < -0.4 is 4.74 Å². The second-order valence-electron chi connectivity index (χ2n) is 6.53. The first-order valence-corrected chi connectivity index (χ1v) is 9.69. The number of ether oxygens (including phenoxy) is 1. The maximum absolute atomic E-state index is 9.67. The highest BCUT2D eigenvalue weighted by Crippen LogP contribution is 2.22. The fourth-order valence-corrected chi connectivity index (χ4v) is 3.24. The highest BCUT2D eigenvalue weighted by atomic mass is 35.5. The number of aryl methyl sites for hydroxylation is 1. The standard InChI is InChI=1S/C22H25ClN2O2/c1-2-3-9-21-24-22(23)20(15-26)25(21)14-17-10-12-19(13-11-17)27-16-18-7-5-4-6-8-18/h4-8,10-13,26H,2-3,9,14-16H2,1H3. The van der Waals surface area contributed by atoms with Gasteiger partial charge < -0.3 is 14.4 Å². The van der Waals surface area contributed by atoms with Crippen molar-refractivity contribution in [3.05, 3.63) is 82.4 Å². The Hall–Kier alpha value is -2.30. The number of imidazole rings is 1. The summed E-state index contributed by atoms with van der Waals surface area (Å²) in [7, 11) is 0. The van der Waals surface area contributed by atoms with Gasteiger partial charge in [0.1, 0.15) is 18.2 Å². The monoisotopic (exact) mass is 384 g/mol. The Balaban J connectivity index is 1.69. The molecule has 0 unspecified atom stereocenters. The maximum Gasteiger partial charge on any atom is 0.152 e. The van der Waals surface area contributed by atoms with Crippen molar-refractivity contribution in [2.24, 2.45) is 0 Å². The number of nitrogens with zero attached hydrogens (tertiary/aromatic N) is 2. The SMILES string of the molecule is CCCCc1nc(Cl)c(CO)n1Cc1ccc(OCc2ccccc2)cc1. The minimum Gasteiger partial charge on any atom is -0.489 e. The first-order chi connectivity index (χ1) is 13.2. The molecular formula is C22H25ClN2O2. The Labute approximate surface area is 165 Å². The molecule has 1 N–H and O–H groups in total. The average Bonchev–Trinajstić information content (AvgIpc) is 3.00. The van der Waals surface area contributed by atoms with Crippen LogP contribution in [-0.2, 0) is 26.2 Å². The number of halogens is 1. The van der Waals surface area contributed by atoms with Crippen LogP contribution in [0.15, 0.2) is 54.6 Å². The van der Waals surface area contributed by atoms with E-state index < -0.39 is 0 Å². The zero-order valence-electron chi connectivity index (χ0n) is 15.6. The van der Waals surface area contributed by atoms with Crippen molar-refractivity contribution in [2.75, 3.05) is 0 Å². The lowest BCUT2D eigenvalue weighted by Gasteiger charge is -2.12. The number of aromatic nitrogens is 2. The summed E-state index contributed by atoms with van der Waals surface area (Å²) in [5.74, 6) is 1.76. The van der Waals surface area contributed by atoms with E-state index in [0.717, 1.165) is 42.0 Å². The van der Waals surface area contributed by atoms with Gasteiger partial charge in [-0.05, 0) is 29.7 Å². The predicted molar refractivity (Wildman–Crippen MR) is 108 cm³/mol. The number of unbranched alkanes of at least 4 members (excludes halogenated alkanes) is 1. The van der Waals surface area contributed by atoms with Crippen LogP contribution in [0.5, 0.6) is 5.75 Å². The smallest absolute Gasteiger partial charge is 0.152 e. The van der Waals surface area contributed by atoms with E-state index in [1.807, 2.05) is 59.2 Å². The fourth-order valence-electron chi connectivity index (χ4n) is 2.98.